The zero-order valence-electron chi connectivity index (χ0n) is 42.5. The van der Waals surface area contributed by atoms with E-state index < -0.39 is 0 Å². The molecule has 1 heterocycles. The number of likely N-dealkylation sites (tertiary alicyclic amines) is 1. The lowest BCUT2D eigenvalue weighted by atomic mass is 9.93. The lowest BCUT2D eigenvalue weighted by Crippen LogP contribution is -2.55. The molecule has 1 aliphatic rings. The maximum absolute atomic E-state index is 12.9. The highest BCUT2D eigenvalue weighted by molar-refractivity contribution is 5.83. The van der Waals surface area contributed by atoms with Gasteiger partial charge < -0.3 is 29.3 Å². The Bertz CT molecular complexity index is 1020. The molecule has 0 unspecified atom stereocenters. The predicted molar refractivity (Wildman–Crippen MR) is 265 cm³/mol. The number of hydrogen-bond donors (Lipinski definition) is 1. The van der Waals surface area contributed by atoms with E-state index in [4.69, 9.17) is 14.2 Å². The summed E-state index contributed by atoms with van der Waals surface area (Å²) in [6.45, 7) is 17.7. The lowest BCUT2D eigenvalue weighted by Gasteiger charge is -2.37. The summed E-state index contributed by atoms with van der Waals surface area (Å²) in [5, 5.41) is 3.12. The third-order valence-corrected chi connectivity index (χ3v) is 13.3. The number of nitrogens with one attached hydrogen (secondary N) is 1. The van der Waals surface area contributed by atoms with Crippen molar-refractivity contribution in [2.75, 3.05) is 59.3 Å². The Hall–Kier alpha value is -1.71. The van der Waals surface area contributed by atoms with Crippen molar-refractivity contribution in [2.45, 2.75) is 259 Å². The van der Waals surface area contributed by atoms with E-state index in [1.165, 1.54) is 167 Å². The number of esters is 1. The molecule has 0 bridgehead atoms. The minimum Gasteiger partial charge on any atom is -0.462 e. The SMILES string of the molecule is CCCCCCCCC(CCCCCCCC)OC(=O)CCCCCCCN(CCCCCCCCOCOCCC(CCCC)CCCC)CCCNC(=O)C1CN(C(C)=O)C1. The topological polar surface area (TPSA) is 97.4 Å². The summed E-state index contributed by atoms with van der Waals surface area (Å²) in [4.78, 5) is 41.3. The number of unbranched alkanes of at least 4 members (excludes halogenated alkanes) is 21. The van der Waals surface area contributed by atoms with Crippen molar-refractivity contribution in [2.24, 2.45) is 11.8 Å². The fraction of sp³-hybridized carbons (Fsp3) is 0.944. The van der Waals surface area contributed by atoms with Crippen LogP contribution < -0.4 is 5.32 Å². The summed E-state index contributed by atoms with van der Waals surface area (Å²) in [5.74, 6) is 0.895. The molecule has 1 N–H and O–H groups in total. The van der Waals surface area contributed by atoms with Gasteiger partial charge in [0.15, 0.2) is 0 Å². The van der Waals surface area contributed by atoms with Crippen LogP contribution >= 0.6 is 0 Å². The van der Waals surface area contributed by atoms with Crippen LogP contribution in [0.4, 0.5) is 0 Å². The van der Waals surface area contributed by atoms with Crippen LogP contribution in [0, 0.1) is 11.8 Å². The molecule has 1 saturated heterocycles. The molecule has 0 spiro atoms. The fourth-order valence-electron chi connectivity index (χ4n) is 8.93. The van der Waals surface area contributed by atoms with Gasteiger partial charge in [0.1, 0.15) is 12.9 Å². The van der Waals surface area contributed by atoms with Crippen LogP contribution in [-0.2, 0) is 28.6 Å². The number of rotatable bonds is 48. The van der Waals surface area contributed by atoms with Crippen molar-refractivity contribution >= 4 is 17.8 Å². The standard InChI is InChI=1S/C54H105N3O6/c1-6-10-14-16-21-27-36-52(37-28-22-17-15-11-7-2)63-53(59)38-29-23-20-25-31-42-56(43-33-40-55-54(60)51-46-57(47-51)49(5)58)41-30-24-18-19-26-32-44-61-48-62-45-39-50(34-12-8-3)35-13-9-4/h50-52H,6-48H2,1-5H3,(H,55,60). The zero-order chi connectivity index (χ0) is 45.9. The second kappa shape index (κ2) is 44.1. The number of amides is 2. The monoisotopic (exact) mass is 892 g/mol. The van der Waals surface area contributed by atoms with Crippen molar-refractivity contribution in [1.29, 1.82) is 0 Å². The van der Waals surface area contributed by atoms with Crippen LogP contribution in [0.5, 0.6) is 0 Å². The van der Waals surface area contributed by atoms with Crippen LogP contribution in [-0.4, -0.2) is 93.0 Å². The Balaban J connectivity index is 2.33. The molecule has 9 nitrogen and oxygen atoms in total. The van der Waals surface area contributed by atoms with Crippen LogP contribution in [0.3, 0.4) is 0 Å². The van der Waals surface area contributed by atoms with Crippen molar-refractivity contribution in [3.05, 3.63) is 0 Å². The molecular formula is C54H105N3O6. The average molecular weight is 892 g/mol. The van der Waals surface area contributed by atoms with Crippen molar-refractivity contribution in [3.8, 4) is 0 Å². The Labute approximate surface area is 390 Å². The second-order valence-electron chi connectivity index (χ2n) is 19.3. The normalized spacial score (nSPS) is 13.1. The number of hydrogen-bond acceptors (Lipinski definition) is 7. The molecule has 0 aromatic heterocycles. The highest BCUT2D eigenvalue weighted by Gasteiger charge is 2.33. The third kappa shape index (κ3) is 36.1. The minimum absolute atomic E-state index is 0.0150. The first kappa shape index (κ1) is 59.3. The molecule has 372 valence electrons. The van der Waals surface area contributed by atoms with Gasteiger partial charge in [-0.2, -0.15) is 0 Å². The van der Waals surface area contributed by atoms with Gasteiger partial charge in [-0.25, -0.2) is 0 Å². The van der Waals surface area contributed by atoms with E-state index in [2.05, 4.69) is 37.9 Å². The summed E-state index contributed by atoms with van der Waals surface area (Å²) in [5.41, 5.74) is 0. The van der Waals surface area contributed by atoms with E-state index in [-0.39, 0.29) is 29.8 Å². The number of carbonyl (C=O) groups is 3. The largest absolute Gasteiger partial charge is 0.462 e. The van der Waals surface area contributed by atoms with Crippen LogP contribution in [0.15, 0.2) is 0 Å². The van der Waals surface area contributed by atoms with E-state index in [0.29, 0.717) is 32.8 Å². The first-order valence-electron chi connectivity index (χ1n) is 27.4. The quantitative estimate of drug-likeness (QED) is 0.0369. The molecular weight excluding hydrogens is 787 g/mol. The molecule has 0 atom stereocenters. The Morgan fingerprint density at radius 2 is 1.02 bits per heavy atom. The van der Waals surface area contributed by atoms with E-state index in [1.54, 1.807) is 11.8 Å². The molecule has 9 heteroatoms. The fourth-order valence-corrected chi connectivity index (χ4v) is 8.93. The Morgan fingerprint density at radius 1 is 0.540 bits per heavy atom. The minimum atomic E-state index is -0.0586. The lowest BCUT2D eigenvalue weighted by molar-refractivity contribution is -0.150. The van der Waals surface area contributed by atoms with Gasteiger partial charge in [0.2, 0.25) is 11.8 Å². The molecule has 0 aromatic carbocycles. The van der Waals surface area contributed by atoms with Crippen molar-refractivity contribution in [1.82, 2.24) is 15.1 Å². The van der Waals surface area contributed by atoms with Crippen LogP contribution in [0.1, 0.15) is 253 Å². The summed E-state index contributed by atoms with van der Waals surface area (Å²) in [6, 6.07) is 0. The maximum Gasteiger partial charge on any atom is 0.306 e. The molecule has 0 aromatic rings. The first-order valence-corrected chi connectivity index (χ1v) is 27.4. The van der Waals surface area contributed by atoms with E-state index in [1.807, 2.05) is 0 Å². The average Bonchev–Trinajstić information content (AvgIpc) is 3.25. The number of ether oxygens (including phenoxy) is 3. The highest BCUT2D eigenvalue weighted by atomic mass is 16.7. The molecule has 1 aliphatic heterocycles. The second-order valence-corrected chi connectivity index (χ2v) is 19.3. The van der Waals surface area contributed by atoms with Gasteiger partial charge in [0, 0.05) is 46.2 Å². The molecule has 1 rings (SSSR count). The van der Waals surface area contributed by atoms with E-state index in [9.17, 15) is 14.4 Å². The summed E-state index contributed by atoms with van der Waals surface area (Å²) < 4.78 is 17.7. The smallest absolute Gasteiger partial charge is 0.306 e. The van der Waals surface area contributed by atoms with Crippen molar-refractivity contribution in [3.63, 3.8) is 0 Å². The van der Waals surface area contributed by atoms with Gasteiger partial charge in [-0.05, 0) is 89.8 Å². The molecule has 0 saturated carbocycles. The van der Waals surface area contributed by atoms with E-state index in [0.717, 1.165) is 83.7 Å². The zero-order valence-corrected chi connectivity index (χ0v) is 42.5. The van der Waals surface area contributed by atoms with Gasteiger partial charge >= 0.3 is 5.97 Å². The summed E-state index contributed by atoms with van der Waals surface area (Å²) in [7, 11) is 0. The molecule has 2 amide bonds. The Morgan fingerprint density at radius 3 is 1.57 bits per heavy atom. The molecule has 1 fully saturated rings. The third-order valence-electron chi connectivity index (χ3n) is 13.3. The maximum atomic E-state index is 12.9. The van der Waals surface area contributed by atoms with Crippen LogP contribution in [0.2, 0.25) is 0 Å². The Kier molecular flexibility index (Phi) is 41.6. The predicted octanol–water partition coefficient (Wildman–Crippen LogP) is 13.7. The van der Waals surface area contributed by atoms with Gasteiger partial charge in [0.05, 0.1) is 5.92 Å². The molecule has 63 heavy (non-hydrogen) atoms. The first-order chi connectivity index (χ1) is 30.8. The van der Waals surface area contributed by atoms with Crippen LogP contribution in [0.25, 0.3) is 0 Å². The number of nitrogens with zero attached hydrogens (tertiary/aromatic N) is 2. The van der Waals surface area contributed by atoms with Gasteiger partial charge in [0.25, 0.3) is 0 Å². The van der Waals surface area contributed by atoms with Gasteiger partial charge in [-0.1, -0.05) is 175 Å². The molecule has 0 aliphatic carbocycles. The van der Waals surface area contributed by atoms with E-state index >= 15 is 0 Å². The van der Waals surface area contributed by atoms with Gasteiger partial charge in [-0.15, -0.1) is 0 Å². The highest BCUT2D eigenvalue weighted by Crippen LogP contribution is 2.21. The summed E-state index contributed by atoms with van der Waals surface area (Å²) in [6.07, 6.45) is 40.8. The number of carbonyl (C=O) groups excluding carboxylic acids is 3. The molecule has 0 radical (unpaired) electrons. The summed E-state index contributed by atoms with van der Waals surface area (Å²) >= 11 is 0. The van der Waals surface area contributed by atoms with Gasteiger partial charge in [-0.3, -0.25) is 14.4 Å². The van der Waals surface area contributed by atoms with Crippen molar-refractivity contribution < 1.29 is 28.6 Å².